The first-order valence-electron chi connectivity index (χ1n) is 7.25. The Hall–Kier alpha value is -1.81. The quantitative estimate of drug-likeness (QED) is 0.619. The zero-order chi connectivity index (χ0) is 15.8. The Balaban J connectivity index is 2.44. The molecule has 2 unspecified atom stereocenters. The van der Waals surface area contributed by atoms with Gasteiger partial charge in [0.1, 0.15) is 0 Å². The average Bonchev–Trinajstić information content (AvgIpc) is 2.44. The van der Waals surface area contributed by atoms with Gasteiger partial charge in [-0.3, -0.25) is 4.90 Å². The Labute approximate surface area is 127 Å². The van der Waals surface area contributed by atoms with Gasteiger partial charge in [0, 0.05) is 30.3 Å². The lowest BCUT2D eigenvalue weighted by Crippen LogP contribution is -2.36. The summed E-state index contributed by atoms with van der Waals surface area (Å²) in [6, 6.07) is 10.6. The summed E-state index contributed by atoms with van der Waals surface area (Å²) < 4.78 is 5.21. The van der Waals surface area contributed by atoms with E-state index >= 15 is 0 Å². The molecule has 0 saturated heterocycles. The Bertz CT molecular complexity index is 467. The number of esters is 1. The molecule has 2 atom stereocenters. The van der Waals surface area contributed by atoms with Gasteiger partial charge in [-0.05, 0) is 26.5 Å². The fraction of sp³-hybridized carbons (Fsp3) is 0.471. The molecule has 116 valence electrons. The monoisotopic (exact) mass is 290 g/mol. The van der Waals surface area contributed by atoms with Gasteiger partial charge in [0.05, 0.1) is 6.61 Å². The van der Waals surface area contributed by atoms with Crippen molar-refractivity contribution in [1.82, 2.24) is 4.90 Å². The number of nitrogens with zero attached hydrogens (tertiary/aromatic N) is 1. The van der Waals surface area contributed by atoms with E-state index in [0.717, 1.165) is 6.54 Å². The highest BCUT2D eigenvalue weighted by atomic mass is 16.5. The first-order chi connectivity index (χ1) is 9.90. The minimum absolute atomic E-state index is 0.245. The van der Waals surface area contributed by atoms with E-state index in [0.29, 0.717) is 18.3 Å². The molecule has 0 spiro atoms. The van der Waals surface area contributed by atoms with Gasteiger partial charge in [-0.1, -0.05) is 37.3 Å². The van der Waals surface area contributed by atoms with E-state index in [-0.39, 0.29) is 11.9 Å². The van der Waals surface area contributed by atoms with Crippen LogP contribution in [0.4, 0.5) is 0 Å². The van der Waals surface area contributed by atoms with E-state index in [1.807, 2.05) is 18.2 Å². The van der Waals surface area contributed by atoms with Crippen LogP contribution in [0.15, 0.2) is 42.1 Å². The molecule has 21 heavy (non-hydrogen) atoms. The van der Waals surface area contributed by atoms with Crippen LogP contribution in [-0.4, -0.2) is 30.6 Å². The largest absolute Gasteiger partial charge is 0.462 e. The number of hydrogen-bond acceptors (Lipinski definition) is 4. The standard InChI is InChI=1S/C17H26N2O2/c1-13(12-21-17(20)10-14(2)18)15(3)19(4)11-16-8-6-5-7-9-16/h5-10,13,15H,11-12,18H2,1-4H3. The van der Waals surface area contributed by atoms with E-state index in [2.05, 4.69) is 37.9 Å². The second kappa shape index (κ2) is 8.47. The highest BCUT2D eigenvalue weighted by molar-refractivity contribution is 5.82. The van der Waals surface area contributed by atoms with E-state index in [1.54, 1.807) is 6.92 Å². The smallest absolute Gasteiger partial charge is 0.332 e. The third-order valence-electron chi connectivity index (χ3n) is 3.63. The molecule has 0 aliphatic heterocycles. The predicted molar refractivity (Wildman–Crippen MR) is 85.4 cm³/mol. The van der Waals surface area contributed by atoms with Crippen LogP contribution in [0.5, 0.6) is 0 Å². The van der Waals surface area contributed by atoms with Gasteiger partial charge in [-0.25, -0.2) is 4.79 Å². The molecule has 4 nitrogen and oxygen atoms in total. The minimum Gasteiger partial charge on any atom is -0.462 e. The summed E-state index contributed by atoms with van der Waals surface area (Å²) in [4.78, 5) is 13.7. The molecule has 0 bridgehead atoms. The third-order valence-corrected chi connectivity index (χ3v) is 3.63. The number of carbonyl (C=O) groups excluding carboxylic acids is 1. The lowest BCUT2D eigenvalue weighted by molar-refractivity contribution is -0.139. The number of rotatable bonds is 7. The number of hydrogen-bond donors (Lipinski definition) is 1. The van der Waals surface area contributed by atoms with Crippen molar-refractivity contribution in [2.24, 2.45) is 11.7 Å². The molecule has 1 aromatic rings. The maximum Gasteiger partial charge on any atom is 0.332 e. The number of carbonyl (C=O) groups is 1. The van der Waals surface area contributed by atoms with E-state index in [1.165, 1.54) is 11.6 Å². The topological polar surface area (TPSA) is 55.6 Å². The molecule has 0 saturated carbocycles. The van der Waals surface area contributed by atoms with E-state index in [9.17, 15) is 4.79 Å². The number of ether oxygens (including phenoxy) is 1. The molecule has 0 aromatic heterocycles. The van der Waals surface area contributed by atoms with Gasteiger partial charge >= 0.3 is 5.97 Å². The summed E-state index contributed by atoms with van der Waals surface area (Å²) in [6.45, 7) is 7.16. The predicted octanol–water partition coefficient (Wildman–Crippen LogP) is 2.55. The van der Waals surface area contributed by atoms with Gasteiger partial charge in [-0.2, -0.15) is 0 Å². The summed E-state index contributed by atoms with van der Waals surface area (Å²) in [5.74, 6) is -0.131. The average molecular weight is 290 g/mol. The molecule has 2 N–H and O–H groups in total. The van der Waals surface area contributed by atoms with Crippen LogP contribution in [0.3, 0.4) is 0 Å². The maximum atomic E-state index is 11.4. The van der Waals surface area contributed by atoms with Crippen LogP contribution in [-0.2, 0) is 16.1 Å². The fourth-order valence-corrected chi connectivity index (χ4v) is 2.03. The lowest BCUT2D eigenvalue weighted by Gasteiger charge is -2.29. The second-order valence-electron chi connectivity index (χ2n) is 5.64. The van der Waals surface area contributed by atoms with Crippen molar-refractivity contribution in [2.75, 3.05) is 13.7 Å². The molecular formula is C17H26N2O2. The summed E-state index contributed by atoms with van der Waals surface area (Å²) in [6.07, 6.45) is 1.31. The first-order valence-corrected chi connectivity index (χ1v) is 7.25. The molecule has 0 aliphatic rings. The maximum absolute atomic E-state index is 11.4. The summed E-state index contributed by atoms with van der Waals surface area (Å²) in [5.41, 5.74) is 7.18. The van der Waals surface area contributed by atoms with E-state index in [4.69, 9.17) is 10.5 Å². The molecular weight excluding hydrogens is 264 g/mol. The van der Waals surface area contributed by atoms with Crippen LogP contribution in [0, 0.1) is 5.92 Å². The highest BCUT2D eigenvalue weighted by Crippen LogP contribution is 2.13. The van der Waals surface area contributed by atoms with Crippen LogP contribution in [0.2, 0.25) is 0 Å². The van der Waals surface area contributed by atoms with Crippen molar-refractivity contribution in [1.29, 1.82) is 0 Å². The molecule has 1 rings (SSSR count). The summed E-state index contributed by atoms with van der Waals surface area (Å²) in [7, 11) is 2.08. The van der Waals surface area contributed by atoms with Crippen LogP contribution in [0.25, 0.3) is 0 Å². The van der Waals surface area contributed by atoms with Crippen molar-refractivity contribution in [3.8, 4) is 0 Å². The normalized spacial score (nSPS) is 14.8. The minimum atomic E-state index is -0.375. The number of benzene rings is 1. The molecule has 0 fully saturated rings. The van der Waals surface area contributed by atoms with Crippen molar-refractivity contribution in [3.05, 3.63) is 47.7 Å². The fourth-order valence-electron chi connectivity index (χ4n) is 2.03. The number of nitrogens with two attached hydrogens (primary N) is 1. The van der Waals surface area contributed by atoms with Crippen molar-refractivity contribution in [2.45, 2.75) is 33.4 Å². The Kier molecular flexibility index (Phi) is 6.96. The van der Waals surface area contributed by atoms with Crippen LogP contribution < -0.4 is 5.73 Å². The first kappa shape index (κ1) is 17.2. The van der Waals surface area contributed by atoms with E-state index < -0.39 is 0 Å². The van der Waals surface area contributed by atoms with Crippen molar-refractivity contribution >= 4 is 5.97 Å². The summed E-state index contributed by atoms with van der Waals surface area (Å²) in [5, 5.41) is 0. The zero-order valence-electron chi connectivity index (χ0n) is 13.4. The van der Waals surface area contributed by atoms with Gasteiger partial charge in [0.15, 0.2) is 0 Å². The van der Waals surface area contributed by atoms with Gasteiger partial charge in [0.2, 0.25) is 0 Å². The Morgan fingerprint density at radius 1 is 1.33 bits per heavy atom. The second-order valence-corrected chi connectivity index (χ2v) is 5.64. The summed E-state index contributed by atoms with van der Waals surface area (Å²) >= 11 is 0. The molecule has 0 amide bonds. The van der Waals surface area contributed by atoms with Gasteiger partial charge < -0.3 is 10.5 Å². The Morgan fingerprint density at radius 3 is 2.52 bits per heavy atom. The van der Waals surface area contributed by atoms with Gasteiger partial charge in [-0.15, -0.1) is 0 Å². The van der Waals surface area contributed by atoms with Crippen molar-refractivity contribution < 1.29 is 9.53 Å². The zero-order valence-corrected chi connectivity index (χ0v) is 13.4. The molecule has 4 heteroatoms. The molecule has 0 aliphatic carbocycles. The molecule has 0 radical (unpaired) electrons. The van der Waals surface area contributed by atoms with Crippen LogP contribution >= 0.6 is 0 Å². The Morgan fingerprint density at radius 2 is 1.95 bits per heavy atom. The van der Waals surface area contributed by atoms with Gasteiger partial charge in [0.25, 0.3) is 0 Å². The van der Waals surface area contributed by atoms with Crippen LogP contribution in [0.1, 0.15) is 26.3 Å². The highest BCUT2D eigenvalue weighted by Gasteiger charge is 2.18. The SMILES string of the molecule is CC(N)=CC(=O)OCC(C)C(C)N(C)Cc1ccccc1. The van der Waals surface area contributed by atoms with Crippen molar-refractivity contribution in [3.63, 3.8) is 0 Å². The number of allylic oxidation sites excluding steroid dienone is 1. The third kappa shape index (κ3) is 6.45. The molecule has 1 aromatic carbocycles. The molecule has 0 heterocycles. The lowest BCUT2D eigenvalue weighted by atomic mass is 10.0.